The van der Waals surface area contributed by atoms with E-state index in [1.165, 1.54) is 5.56 Å². The van der Waals surface area contributed by atoms with Crippen molar-refractivity contribution in [2.75, 3.05) is 20.8 Å². The Morgan fingerprint density at radius 2 is 1.83 bits per heavy atom. The van der Waals surface area contributed by atoms with Gasteiger partial charge in [0.15, 0.2) is 0 Å². The molecule has 2 aliphatic rings. The number of urea groups is 1. The lowest BCUT2D eigenvalue weighted by Crippen LogP contribution is -2.65. The number of halogens is 1. The van der Waals surface area contributed by atoms with Crippen LogP contribution in [0, 0.1) is 0 Å². The fourth-order valence-electron chi connectivity index (χ4n) is 3.58. The number of hydrazine groups is 1. The number of rotatable bonds is 6. The Labute approximate surface area is 182 Å². The smallest absolute Gasteiger partial charge is 0.335 e. The molecule has 2 fully saturated rings. The van der Waals surface area contributed by atoms with Crippen molar-refractivity contribution in [1.82, 2.24) is 21.1 Å². The number of benzene rings is 2. The minimum Gasteiger partial charge on any atom is -0.497 e. The van der Waals surface area contributed by atoms with Crippen LogP contribution in [0.2, 0.25) is 0 Å². The fraction of sp³-hybridized carbons (Fsp3) is 0.350. The molecule has 2 heterocycles. The summed E-state index contributed by atoms with van der Waals surface area (Å²) in [6, 6.07) is 13.9. The second-order valence-electron chi connectivity index (χ2n) is 6.86. The van der Waals surface area contributed by atoms with Gasteiger partial charge in [0.25, 0.3) is 0 Å². The predicted octanol–water partition coefficient (Wildman–Crippen LogP) is 3.23. The van der Waals surface area contributed by atoms with Crippen LogP contribution in [0.25, 0.3) is 0 Å². The van der Waals surface area contributed by atoms with Crippen molar-refractivity contribution in [2.45, 2.75) is 23.3 Å². The van der Waals surface area contributed by atoms with Gasteiger partial charge in [0.05, 0.1) is 14.2 Å². The normalized spacial score (nSPS) is 23.5. The van der Waals surface area contributed by atoms with Gasteiger partial charge in [-0.3, -0.25) is 5.32 Å². The van der Waals surface area contributed by atoms with Crippen molar-refractivity contribution in [1.29, 1.82) is 0 Å². The van der Waals surface area contributed by atoms with E-state index in [1.807, 2.05) is 30.3 Å². The SMILES string of the molecule is COc1cc(CSC2NC(=O)N3NCC(c4ccc(Br)cc4)C3N2)cc(OC)c1. The Morgan fingerprint density at radius 1 is 1.14 bits per heavy atom. The zero-order valence-corrected chi connectivity index (χ0v) is 18.5. The highest BCUT2D eigenvalue weighted by atomic mass is 79.9. The van der Waals surface area contributed by atoms with E-state index in [2.05, 4.69) is 44.1 Å². The van der Waals surface area contributed by atoms with Crippen LogP contribution in [0.3, 0.4) is 0 Å². The molecule has 0 saturated carbocycles. The van der Waals surface area contributed by atoms with Crippen LogP contribution >= 0.6 is 27.7 Å². The van der Waals surface area contributed by atoms with Gasteiger partial charge >= 0.3 is 6.03 Å². The highest BCUT2D eigenvalue weighted by Gasteiger charge is 2.43. The van der Waals surface area contributed by atoms with E-state index in [4.69, 9.17) is 9.47 Å². The van der Waals surface area contributed by atoms with Gasteiger partial charge in [-0.25, -0.2) is 15.2 Å². The van der Waals surface area contributed by atoms with Crippen molar-refractivity contribution in [3.8, 4) is 11.5 Å². The largest absolute Gasteiger partial charge is 0.497 e. The molecule has 2 aliphatic heterocycles. The number of methoxy groups -OCH3 is 2. The molecule has 0 spiro atoms. The minimum atomic E-state index is -0.196. The van der Waals surface area contributed by atoms with Gasteiger partial charge in [0.2, 0.25) is 0 Å². The van der Waals surface area contributed by atoms with Gasteiger partial charge in [-0.2, -0.15) is 0 Å². The van der Waals surface area contributed by atoms with Crippen molar-refractivity contribution in [3.05, 3.63) is 58.1 Å². The summed E-state index contributed by atoms with van der Waals surface area (Å²) >= 11 is 5.10. The van der Waals surface area contributed by atoms with Crippen LogP contribution in [0.1, 0.15) is 17.0 Å². The first-order valence-electron chi connectivity index (χ1n) is 9.25. The van der Waals surface area contributed by atoms with Gasteiger partial charge < -0.3 is 14.8 Å². The topological polar surface area (TPSA) is 74.9 Å². The minimum absolute atomic E-state index is 0.109. The third kappa shape index (κ3) is 4.48. The van der Waals surface area contributed by atoms with E-state index in [0.29, 0.717) is 12.3 Å². The summed E-state index contributed by atoms with van der Waals surface area (Å²) in [7, 11) is 3.27. The average molecular weight is 479 g/mol. The zero-order valence-electron chi connectivity index (χ0n) is 16.1. The molecule has 3 N–H and O–H groups in total. The van der Waals surface area contributed by atoms with E-state index >= 15 is 0 Å². The predicted molar refractivity (Wildman–Crippen MR) is 117 cm³/mol. The summed E-state index contributed by atoms with van der Waals surface area (Å²) < 4.78 is 11.7. The monoisotopic (exact) mass is 478 g/mol. The van der Waals surface area contributed by atoms with Crippen LogP contribution in [-0.4, -0.2) is 43.5 Å². The highest BCUT2D eigenvalue weighted by molar-refractivity contribution is 9.10. The first-order valence-corrected chi connectivity index (χ1v) is 11.1. The molecule has 2 aromatic carbocycles. The van der Waals surface area contributed by atoms with Gasteiger partial charge in [-0.15, -0.1) is 11.8 Å². The molecule has 7 nitrogen and oxygen atoms in total. The summed E-state index contributed by atoms with van der Waals surface area (Å²) in [4.78, 5) is 12.6. The van der Waals surface area contributed by atoms with Crippen LogP contribution < -0.4 is 25.5 Å². The van der Waals surface area contributed by atoms with Crippen LogP contribution in [0.15, 0.2) is 46.9 Å². The molecular weight excluding hydrogens is 456 g/mol. The third-order valence-corrected chi connectivity index (χ3v) is 6.68. The number of carbonyl (C=O) groups is 1. The Hall–Kier alpha value is -1.94. The van der Waals surface area contributed by atoms with E-state index in [9.17, 15) is 4.79 Å². The molecule has 2 amide bonds. The molecule has 4 rings (SSSR count). The van der Waals surface area contributed by atoms with E-state index in [0.717, 1.165) is 21.5 Å². The second kappa shape index (κ2) is 8.83. The summed E-state index contributed by atoms with van der Waals surface area (Å²) in [6.07, 6.45) is -0.109. The number of hydrogen-bond donors (Lipinski definition) is 3. The van der Waals surface area contributed by atoms with E-state index < -0.39 is 0 Å². The number of nitrogens with one attached hydrogen (secondary N) is 3. The first-order chi connectivity index (χ1) is 14.1. The molecule has 29 heavy (non-hydrogen) atoms. The van der Waals surface area contributed by atoms with Crippen molar-refractivity contribution in [3.63, 3.8) is 0 Å². The van der Waals surface area contributed by atoms with Gasteiger partial charge in [0, 0.05) is 28.8 Å². The molecule has 154 valence electrons. The van der Waals surface area contributed by atoms with Crippen LogP contribution in [0.4, 0.5) is 4.79 Å². The molecule has 3 unspecified atom stereocenters. The number of carbonyl (C=O) groups excluding carboxylic acids is 1. The number of hydrogen-bond acceptors (Lipinski definition) is 6. The van der Waals surface area contributed by atoms with E-state index in [-0.39, 0.29) is 23.6 Å². The number of fused-ring (bicyclic) bond motifs is 1. The van der Waals surface area contributed by atoms with Gasteiger partial charge in [0.1, 0.15) is 23.2 Å². The Bertz CT molecular complexity index is 860. The Balaban J connectivity index is 1.45. The lowest BCUT2D eigenvalue weighted by atomic mass is 9.97. The van der Waals surface area contributed by atoms with Crippen molar-refractivity contribution < 1.29 is 14.3 Å². The number of amides is 2. The first kappa shape index (κ1) is 20.3. The van der Waals surface area contributed by atoms with Crippen LogP contribution in [-0.2, 0) is 5.75 Å². The lowest BCUT2D eigenvalue weighted by Gasteiger charge is -2.37. The maximum Gasteiger partial charge on any atom is 0.335 e. The van der Waals surface area contributed by atoms with E-state index in [1.54, 1.807) is 31.0 Å². The zero-order chi connectivity index (χ0) is 20.4. The molecule has 2 saturated heterocycles. The highest BCUT2D eigenvalue weighted by Crippen LogP contribution is 2.31. The van der Waals surface area contributed by atoms with Gasteiger partial charge in [-0.05, 0) is 35.4 Å². The summed E-state index contributed by atoms with van der Waals surface area (Å²) in [5.74, 6) is 2.38. The second-order valence-corrected chi connectivity index (χ2v) is 8.87. The molecule has 9 heteroatoms. The molecule has 0 aromatic heterocycles. The molecule has 3 atom stereocenters. The average Bonchev–Trinajstić information content (AvgIpc) is 3.17. The maximum absolute atomic E-state index is 12.6. The van der Waals surface area contributed by atoms with Crippen molar-refractivity contribution >= 4 is 33.7 Å². The fourth-order valence-corrected chi connectivity index (χ4v) is 4.79. The standard InChI is InChI=1S/C20H23BrN4O3S/c1-27-15-7-12(8-16(9-15)28-2)11-29-19-23-18-17(10-22-25(18)20(26)24-19)13-3-5-14(21)6-4-13/h3-9,17-19,22-23H,10-11H2,1-2H3,(H,24,26). The molecular formula is C20H23BrN4O3S. The number of nitrogens with zero attached hydrogens (tertiary/aromatic N) is 1. The third-order valence-electron chi connectivity index (χ3n) is 5.06. The summed E-state index contributed by atoms with van der Waals surface area (Å²) in [5, 5.41) is 8.21. The maximum atomic E-state index is 12.6. The summed E-state index contributed by atoms with van der Waals surface area (Å²) in [6.45, 7) is 0.706. The summed E-state index contributed by atoms with van der Waals surface area (Å²) in [5.41, 5.74) is 5.26. The quantitative estimate of drug-likeness (QED) is 0.591. The molecule has 0 aliphatic carbocycles. The van der Waals surface area contributed by atoms with Crippen LogP contribution in [0.5, 0.6) is 11.5 Å². The molecule has 0 bridgehead atoms. The van der Waals surface area contributed by atoms with Crippen molar-refractivity contribution in [2.24, 2.45) is 0 Å². The Kier molecular flexibility index (Phi) is 6.19. The lowest BCUT2D eigenvalue weighted by molar-refractivity contribution is 0.128. The molecule has 0 radical (unpaired) electrons. The Morgan fingerprint density at radius 3 is 2.48 bits per heavy atom. The number of thioether (sulfide) groups is 1. The molecule has 2 aromatic rings. The number of ether oxygens (including phenoxy) is 2. The van der Waals surface area contributed by atoms with Gasteiger partial charge in [-0.1, -0.05) is 28.1 Å².